The Kier molecular flexibility index (Phi) is 5.64. The molecule has 0 aromatic carbocycles. The van der Waals surface area contributed by atoms with E-state index < -0.39 is 0 Å². The molecule has 9 heavy (non-hydrogen) atoms. The van der Waals surface area contributed by atoms with E-state index in [-0.39, 0.29) is 0 Å². The van der Waals surface area contributed by atoms with Crippen LogP contribution in [0.1, 0.15) is 26.2 Å². The molecule has 0 bridgehead atoms. The van der Waals surface area contributed by atoms with Crippen LogP contribution in [0.15, 0.2) is 12.2 Å². The molecule has 0 spiro atoms. The lowest BCUT2D eigenvalue weighted by atomic mass is 9.98. The normalized spacial score (nSPS) is 24.6. The average molecular weight is 127 g/mol. The summed E-state index contributed by atoms with van der Waals surface area (Å²) in [4.78, 5) is 0. The van der Waals surface area contributed by atoms with Gasteiger partial charge in [0, 0.05) is 0 Å². The van der Waals surface area contributed by atoms with Crippen molar-refractivity contribution in [1.82, 2.24) is 0 Å². The fraction of sp³-hybridized carbons (Fsp3) is 0.750. The second-order valence-electron chi connectivity index (χ2n) is 2.34. The summed E-state index contributed by atoms with van der Waals surface area (Å²) in [5.74, 6) is 0.855. The van der Waals surface area contributed by atoms with Crippen LogP contribution < -0.4 is 5.73 Å². The molecule has 0 fully saturated rings. The minimum absolute atomic E-state index is 0.855. The van der Waals surface area contributed by atoms with Gasteiger partial charge in [-0.3, -0.25) is 0 Å². The van der Waals surface area contributed by atoms with Gasteiger partial charge in [0.25, 0.3) is 0 Å². The molecule has 0 heterocycles. The Balaban J connectivity index is 0.000000291. The predicted octanol–water partition coefficient (Wildman–Crippen LogP) is 1.94. The van der Waals surface area contributed by atoms with Gasteiger partial charge in [0.2, 0.25) is 0 Å². The SMILES string of the molecule is CN.C[C@@H]1C=CCCC1. The summed E-state index contributed by atoms with van der Waals surface area (Å²) >= 11 is 0. The first-order valence-corrected chi connectivity index (χ1v) is 3.64. The lowest BCUT2D eigenvalue weighted by molar-refractivity contribution is 0.584. The number of hydrogen-bond acceptors (Lipinski definition) is 1. The topological polar surface area (TPSA) is 26.0 Å². The molecule has 2 N–H and O–H groups in total. The average Bonchev–Trinajstić information content (AvgIpc) is 1.94. The summed E-state index contributed by atoms with van der Waals surface area (Å²) in [5.41, 5.74) is 4.50. The molecule has 0 amide bonds. The molecule has 0 aromatic heterocycles. The molecule has 1 atom stereocenters. The third-order valence-electron chi connectivity index (χ3n) is 1.49. The summed E-state index contributed by atoms with van der Waals surface area (Å²) in [5, 5.41) is 0. The Labute approximate surface area is 57.9 Å². The van der Waals surface area contributed by atoms with Crippen molar-refractivity contribution in [3.8, 4) is 0 Å². The highest BCUT2D eigenvalue weighted by Crippen LogP contribution is 2.14. The van der Waals surface area contributed by atoms with E-state index in [1.54, 1.807) is 0 Å². The van der Waals surface area contributed by atoms with Crippen molar-refractivity contribution in [2.75, 3.05) is 7.05 Å². The summed E-state index contributed by atoms with van der Waals surface area (Å²) in [7, 11) is 1.50. The lowest BCUT2D eigenvalue weighted by Crippen LogP contribution is -1.92. The molecule has 0 aliphatic heterocycles. The zero-order valence-corrected chi connectivity index (χ0v) is 6.43. The van der Waals surface area contributed by atoms with E-state index in [0.29, 0.717) is 0 Å². The van der Waals surface area contributed by atoms with Gasteiger partial charge in [0.05, 0.1) is 0 Å². The van der Waals surface area contributed by atoms with Gasteiger partial charge in [-0.05, 0) is 32.2 Å². The van der Waals surface area contributed by atoms with Gasteiger partial charge in [-0.1, -0.05) is 19.1 Å². The van der Waals surface area contributed by atoms with E-state index in [0.717, 1.165) is 5.92 Å². The van der Waals surface area contributed by atoms with Crippen LogP contribution in [0.4, 0.5) is 0 Å². The fourth-order valence-corrected chi connectivity index (χ4v) is 0.982. The molecular weight excluding hydrogens is 110 g/mol. The Hall–Kier alpha value is -0.300. The maximum Gasteiger partial charge on any atom is -0.0195 e. The van der Waals surface area contributed by atoms with Crippen molar-refractivity contribution < 1.29 is 0 Å². The first-order valence-electron chi connectivity index (χ1n) is 3.64. The lowest BCUT2D eigenvalue weighted by Gasteiger charge is -2.08. The van der Waals surface area contributed by atoms with Crippen LogP contribution in [0.2, 0.25) is 0 Å². The first-order chi connectivity index (χ1) is 4.39. The van der Waals surface area contributed by atoms with E-state index >= 15 is 0 Å². The van der Waals surface area contributed by atoms with Gasteiger partial charge in [0.15, 0.2) is 0 Å². The molecule has 1 aliphatic carbocycles. The van der Waals surface area contributed by atoms with E-state index in [1.807, 2.05) is 0 Å². The van der Waals surface area contributed by atoms with Crippen molar-refractivity contribution >= 4 is 0 Å². The molecule has 1 heteroatoms. The molecule has 54 valence electrons. The maximum atomic E-state index is 4.50. The largest absolute Gasteiger partial charge is 0.333 e. The maximum absolute atomic E-state index is 4.50. The van der Waals surface area contributed by atoms with Gasteiger partial charge in [-0.15, -0.1) is 0 Å². The Morgan fingerprint density at radius 2 is 2.11 bits per heavy atom. The van der Waals surface area contributed by atoms with Crippen LogP contribution in [-0.4, -0.2) is 7.05 Å². The van der Waals surface area contributed by atoms with Gasteiger partial charge < -0.3 is 5.73 Å². The summed E-state index contributed by atoms with van der Waals surface area (Å²) in [6.45, 7) is 2.27. The van der Waals surface area contributed by atoms with Crippen LogP contribution >= 0.6 is 0 Å². The summed E-state index contributed by atoms with van der Waals surface area (Å²) < 4.78 is 0. The molecule has 1 nitrogen and oxygen atoms in total. The highest BCUT2D eigenvalue weighted by atomic mass is 14.4. The minimum atomic E-state index is 0.855. The summed E-state index contributed by atoms with van der Waals surface area (Å²) in [6, 6.07) is 0. The monoisotopic (exact) mass is 127 g/mol. The van der Waals surface area contributed by atoms with Gasteiger partial charge in [-0.2, -0.15) is 0 Å². The third-order valence-corrected chi connectivity index (χ3v) is 1.49. The fourth-order valence-electron chi connectivity index (χ4n) is 0.982. The third kappa shape index (κ3) is 4.22. The molecule has 0 aromatic rings. The number of hydrogen-bond donors (Lipinski definition) is 1. The molecule has 0 unspecified atom stereocenters. The molecule has 0 saturated heterocycles. The molecule has 0 saturated carbocycles. The van der Waals surface area contributed by atoms with E-state index in [2.05, 4.69) is 24.8 Å². The van der Waals surface area contributed by atoms with Gasteiger partial charge >= 0.3 is 0 Å². The Morgan fingerprint density at radius 1 is 1.44 bits per heavy atom. The van der Waals surface area contributed by atoms with Crippen molar-refractivity contribution in [2.45, 2.75) is 26.2 Å². The van der Waals surface area contributed by atoms with Crippen molar-refractivity contribution in [1.29, 1.82) is 0 Å². The van der Waals surface area contributed by atoms with Crippen molar-refractivity contribution in [3.05, 3.63) is 12.2 Å². The molecule has 0 radical (unpaired) electrons. The van der Waals surface area contributed by atoms with Gasteiger partial charge in [-0.25, -0.2) is 0 Å². The molecule has 1 aliphatic rings. The first kappa shape index (κ1) is 8.70. The van der Waals surface area contributed by atoms with Crippen molar-refractivity contribution in [3.63, 3.8) is 0 Å². The highest BCUT2D eigenvalue weighted by Gasteiger charge is 1.98. The van der Waals surface area contributed by atoms with Gasteiger partial charge in [0.1, 0.15) is 0 Å². The van der Waals surface area contributed by atoms with E-state index in [4.69, 9.17) is 0 Å². The number of nitrogens with two attached hydrogens (primary N) is 1. The number of allylic oxidation sites excluding steroid dienone is 2. The van der Waals surface area contributed by atoms with Crippen LogP contribution in [0.25, 0.3) is 0 Å². The van der Waals surface area contributed by atoms with Crippen LogP contribution in [0, 0.1) is 5.92 Å². The smallest absolute Gasteiger partial charge is 0.0195 e. The Bertz CT molecular complexity index is 76.6. The zero-order valence-electron chi connectivity index (χ0n) is 6.43. The second-order valence-corrected chi connectivity index (χ2v) is 2.34. The van der Waals surface area contributed by atoms with E-state index in [9.17, 15) is 0 Å². The standard InChI is InChI=1S/C7H12.CH5N/c1-7-5-3-2-4-6-7;1-2/h3,5,7H,2,4,6H2,1H3;2H2,1H3/t7-;/m1./s1. The second kappa shape index (κ2) is 5.83. The quantitative estimate of drug-likeness (QED) is 0.494. The minimum Gasteiger partial charge on any atom is -0.333 e. The number of rotatable bonds is 0. The Morgan fingerprint density at radius 3 is 2.33 bits per heavy atom. The zero-order chi connectivity index (χ0) is 7.11. The summed E-state index contributed by atoms with van der Waals surface area (Å²) in [6.07, 6.45) is 8.70. The molecule has 1 rings (SSSR count). The predicted molar refractivity (Wildman–Crippen MR) is 42.3 cm³/mol. The van der Waals surface area contributed by atoms with Crippen LogP contribution in [-0.2, 0) is 0 Å². The van der Waals surface area contributed by atoms with Crippen molar-refractivity contribution in [2.24, 2.45) is 11.7 Å². The van der Waals surface area contributed by atoms with Crippen LogP contribution in [0.5, 0.6) is 0 Å². The van der Waals surface area contributed by atoms with Crippen LogP contribution in [0.3, 0.4) is 0 Å². The van der Waals surface area contributed by atoms with E-state index in [1.165, 1.54) is 26.3 Å². The molecular formula is C8H17N. The highest BCUT2D eigenvalue weighted by molar-refractivity contribution is 4.90.